The molecule has 1 N–H and O–H groups in total. The summed E-state index contributed by atoms with van der Waals surface area (Å²) in [7, 11) is -1.49. The first-order valence-corrected chi connectivity index (χ1v) is 8.21. The summed E-state index contributed by atoms with van der Waals surface area (Å²) in [6.45, 7) is 5.62. The molecule has 1 fully saturated rings. The van der Waals surface area contributed by atoms with Crippen LogP contribution in [0.15, 0.2) is 23.1 Å². The maximum atomic E-state index is 12.7. The fourth-order valence-corrected chi connectivity index (χ4v) is 4.26. The zero-order valence-electron chi connectivity index (χ0n) is 12.2. The smallest absolute Gasteiger partial charge is 0.243 e. The number of nitrogens with zero attached hydrogens (tertiary/aromatic N) is 2. The van der Waals surface area contributed by atoms with Crippen LogP contribution in [0.4, 0.5) is 0 Å². The summed E-state index contributed by atoms with van der Waals surface area (Å²) in [6.07, 6.45) is 0. The predicted octanol–water partition coefficient (Wildman–Crippen LogP) is 0.812. The fraction of sp³-hybridized carbons (Fsp3) is 0.571. The van der Waals surface area contributed by atoms with Crippen molar-refractivity contribution in [3.8, 4) is 0 Å². The molecule has 1 aromatic carbocycles. The van der Waals surface area contributed by atoms with Crippen LogP contribution in [0, 0.1) is 6.92 Å². The van der Waals surface area contributed by atoms with Gasteiger partial charge in [0.05, 0.1) is 11.5 Å². The second-order valence-corrected chi connectivity index (χ2v) is 7.36. The molecule has 2 rings (SSSR count). The number of hydrogen-bond donors (Lipinski definition) is 1. The molecule has 112 valence electrons. The first-order valence-electron chi connectivity index (χ1n) is 6.77. The zero-order chi connectivity index (χ0) is 14.9. The third-order valence-corrected chi connectivity index (χ3v) is 5.88. The number of likely N-dealkylation sites (N-methyl/N-ethyl adjacent to an activating group) is 1. The van der Waals surface area contributed by atoms with Crippen LogP contribution in [-0.4, -0.2) is 55.5 Å². The van der Waals surface area contributed by atoms with Crippen LogP contribution in [0.3, 0.4) is 0 Å². The quantitative estimate of drug-likeness (QED) is 0.897. The van der Waals surface area contributed by atoms with Crippen molar-refractivity contribution in [3.05, 3.63) is 29.3 Å². The minimum absolute atomic E-state index is 0.0439. The van der Waals surface area contributed by atoms with Gasteiger partial charge in [-0.05, 0) is 44.2 Å². The Morgan fingerprint density at radius 1 is 1.35 bits per heavy atom. The SMILES string of the molecule is Cc1ccc(S(=O)(=O)N2CCN(C)CC2C)cc1CO. The number of aliphatic hydroxyl groups excluding tert-OH is 1. The highest BCUT2D eigenvalue weighted by Crippen LogP contribution is 2.23. The number of hydrogen-bond acceptors (Lipinski definition) is 4. The number of benzene rings is 1. The van der Waals surface area contributed by atoms with Crippen molar-refractivity contribution >= 4 is 10.0 Å². The van der Waals surface area contributed by atoms with Crippen LogP contribution in [0.2, 0.25) is 0 Å². The van der Waals surface area contributed by atoms with Crippen molar-refractivity contribution in [3.63, 3.8) is 0 Å². The molecule has 6 heteroatoms. The Hall–Kier alpha value is -0.950. The molecule has 20 heavy (non-hydrogen) atoms. The summed E-state index contributed by atoms with van der Waals surface area (Å²) < 4.78 is 27.0. The van der Waals surface area contributed by atoms with Gasteiger partial charge in [-0.2, -0.15) is 4.31 Å². The number of sulfonamides is 1. The summed E-state index contributed by atoms with van der Waals surface area (Å²) in [5.41, 5.74) is 1.56. The van der Waals surface area contributed by atoms with Crippen molar-refractivity contribution < 1.29 is 13.5 Å². The summed E-state index contributed by atoms with van der Waals surface area (Å²) in [4.78, 5) is 2.40. The molecular weight excluding hydrogens is 276 g/mol. The number of piperazine rings is 1. The zero-order valence-corrected chi connectivity index (χ0v) is 13.0. The Morgan fingerprint density at radius 3 is 2.65 bits per heavy atom. The minimum atomic E-state index is -3.49. The summed E-state index contributed by atoms with van der Waals surface area (Å²) in [5, 5.41) is 9.29. The molecule has 0 aromatic heterocycles. The van der Waals surface area contributed by atoms with E-state index in [-0.39, 0.29) is 17.5 Å². The van der Waals surface area contributed by atoms with E-state index in [1.165, 1.54) is 0 Å². The van der Waals surface area contributed by atoms with E-state index in [9.17, 15) is 13.5 Å². The van der Waals surface area contributed by atoms with Gasteiger partial charge in [-0.1, -0.05) is 6.07 Å². The highest BCUT2D eigenvalue weighted by atomic mass is 32.2. The molecule has 1 aromatic rings. The lowest BCUT2D eigenvalue weighted by atomic mass is 10.1. The van der Waals surface area contributed by atoms with Crippen molar-refractivity contribution in [2.24, 2.45) is 0 Å². The molecular formula is C14H22N2O3S. The van der Waals surface area contributed by atoms with Crippen LogP contribution in [-0.2, 0) is 16.6 Å². The topological polar surface area (TPSA) is 60.9 Å². The molecule has 0 radical (unpaired) electrons. The maximum absolute atomic E-state index is 12.7. The third kappa shape index (κ3) is 2.88. The first kappa shape index (κ1) is 15.4. The summed E-state index contributed by atoms with van der Waals surface area (Å²) in [5.74, 6) is 0. The van der Waals surface area contributed by atoms with Crippen molar-refractivity contribution in [2.75, 3.05) is 26.7 Å². The average molecular weight is 298 g/mol. The van der Waals surface area contributed by atoms with Crippen molar-refractivity contribution in [2.45, 2.75) is 31.4 Å². The average Bonchev–Trinajstić information content (AvgIpc) is 2.38. The molecule has 0 spiro atoms. The van der Waals surface area contributed by atoms with Gasteiger partial charge in [0.1, 0.15) is 0 Å². The van der Waals surface area contributed by atoms with E-state index in [0.29, 0.717) is 12.1 Å². The second-order valence-electron chi connectivity index (χ2n) is 5.47. The Balaban J connectivity index is 2.35. The van der Waals surface area contributed by atoms with Crippen LogP contribution < -0.4 is 0 Å². The number of rotatable bonds is 3. The summed E-state index contributed by atoms with van der Waals surface area (Å²) >= 11 is 0. The van der Waals surface area contributed by atoms with Gasteiger partial charge in [-0.25, -0.2) is 8.42 Å². The molecule has 1 saturated heterocycles. The van der Waals surface area contributed by atoms with Gasteiger partial charge in [-0.3, -0.25) is 0 Å². The first-order chi connectivity index (χ1) is 9.36. The Kier molecular flexibility index (Phi) is 4.49. The van der Waals surface area contributed by atoms with Gasteiger partial charge in [0.2, 0.25) is 10.0 Å². The van der Waals surface area contributed by atoms with E-state index in [1.54, 1.807) is 22.5 Å². The van der Waals surface area contributed by atoms with Crippen molar-refractivity contribution in [1.29, 1.82) is 0 Å². The Morgan fingerprint density at radius 2 is 2.05 bits per heavy atom. The molecule has 0 bridgehead atoms. The van der Waals surface area contributed by atoms with Crippen molar-refractivity contribution in [1.82, 2.24) is 9.21 Å². The summed E-state index contributed by atoms with van der Waals surface area (Å²) in [6, 6.07) is 4.90. The molecule has 1 unspecified atom stereocenters. The van der Waals surface area contributed by atoms with E-state index in [2.05, 4.69) is 4.90 Å². The monoisotopic (exact) mass is 298 g/mol. The van der Waals surface area contributed by atoms with Gasteiger partial charge in [0.15, 0.2) is 0 Å². The van der Waals surface area contributed by atoms with Crippen LogP contribution in [0.5, 0.6) is 0 Å². The molecule has 0 saturated carbocycles. The molecule has 1 aliphatic rings. The molecule has 1 atom stereocenters. The van der Waals surface area contributed by atoms with Gasteiger partial charge < -0.3 is 10.0 Å². The van der Waals surface area contributed by atoms with E-state index >= 15 is 0 Å². The van der Waals surface area contributed by atoms with Gasteiger partial charge >= 0.3 is 0 Å². The largest absolute Gasteiger partial charge is 0.392 e. The van der Waals surface area contributed by atoms with Gasteiger partial charge in [0, 0.05) is 25.7 Å². The number of aryl methyl sites for hydroxylation is 1. The minimum Gasteiger partial charge on any atom is -0.392 e. The molecule has 1 heterocycles. The van der Waals surface area contributed by atoms with Crippen LogP contribution in [0.1, 0.15) is 18.1 Å². The lowest BCUT2D eigenvalue weighted by Crippen LogP contribution is -2.52. The number of aliphatic hydroxyl groups is 1. The van der Waals surface area contributed by atoms with E-state index in [4.69, 9.17) is 0 Å². The van der Waals surface area contributed by atoms with Gasteiger partial charge in [0.25, 0.3) is 0 Å². The maximum Gasteiger partial charge on any atom is 0.243 e. The van der Waals surface area contributed by atoms with Crippen LogP contribution in [0.25, 0.3) is 0 Å². The fourth-order valence-electron chi connectivity index (χ4n) is 2.59. The Bertz CT molecular complexity index is 586. The highest BCUT2D eigenvalue weighted by molar-refractivity contribution is 7.89. The molecule has 0 aliphatic carbocycles. The Labute approximate surface area is 120 Å². The van der Waals surface area contributed by atoms with E-state index in [1.807, 2.05) is 20.9 Å². The second kappa shape index (κ2) is 5.81. The van der Waals surface area contributed by atoms with Gasteiger partial charge in [-0.15, -0.1) is 0 Å². The van der Waals surface area contributed by atoms with Crippen LogP contribution >= 0.6 is 0 Å². The molecule has 5 nitrogen and oxygen atoms in total. The standard InChI is InChI=1S/C14H22N2O3S/c1-11-4-5-14(8-13(11)10-17)20(18,19)16-7-6-15(3)9-12(16)2/h4-5,8,12,17H,6-7,9-10H2,1-3H3. The predicted molar refractivity (Wildman–Crippen MR) is 78.0 cm³/mol. The van der Waals surface area contributed by atoms with E-state index < -0.39 is 10.0 Å². The van der Waals surface area contributed by atoms with E-state index in [0.717, 1.165) is 18.7 Å². The lowest BCUT2D eigenvalue weighted by Gasteiger charge is -2.37. The highest BCUT2D eigenvalue weighted by Gasteiger charge is 2.32. The molecule has 1 aliphatic heterocycles. The lowest BCUT2D eigenvalue weighted by molar-refractivity contribution is 0.170. The normalized spacial score (nSPS) is 22.1. The molecule has 0 amide bonds. The third-order valence-electron chi connectivity index (χ3n) is 3.87.